The number of anilines is 2. The van der Waals surface area contributed by atoms with Gasteiger partial charge in [-0.25, -0.2) is 9.37 Å². The molecule has 1 saturated heterocycles. The zero-order chi connectivity index (χ0) is 24.5. The molecule has 1 aliphatic heterocycles. The Balaban J connectivity index is 1.50. The predicted molar refractivity (Wildman–Crippen MR) is 136 cm³/mol. The van der Waals surface area contributed by atoms with E-state index in [-0.39, 0.29) is 30.5 Å². The second-order valence-corrected chi connectivity index (χ2v) is 9.62. The number of imide groups is 1. The van der Waals surface area contributed by atoms with Crippen molar-refractivity contribution in [3.8, 4) is 0 Å². The lowest BCUT2D eigenvalue weighted by Crippen LogP contribution is -2.29. The van der Waals surface area contributed by atoms with Gasteiger partial charge in [0, 0.05) is 22.9 Å². The Kier molecular flexibility index (Phi) is 6.23. The number of nitrogens with zero attached hydrogens (tertiary/aromatic N) is 4. The SMILES string of the molecule is O=C(c1ccc(N2C(=O)CCC2=O)cc1)N(/N=C/c1ccc(F)cc1)c1nc2ccc(Br)cc2s1. The molecule has 10 heteroatoms. The molecule has 3 aromatic carbocycles. The van der Waals surface area contributed by atoms with Gasteiger partial charge in [-0.05, 0) is 60.2 Å². The summed E-state index contributed by atoms with van der Waals surface area (Å²) in [7, 11) is 0. The van der Waals surface area contributed by atoms with Gasteiger partial charge in [0.25, 0.3) is 5.91 Å². The summed E-state index contributed by atoms with van der Waals surface area (Å²) in [6, 6.07) is 17.5. The van der Waals surface area contributed by atoms with E-state index in [4.69, 9.17) is 0 Å². The van der Waals surface area contributed by atoms with Crippen LogP contribution in [0.2, 0.25) is 0 Å². The van der Waals surface area contributed by atoms with E-state index in [0.29, 0.717) is 27.5 Å². The first-order valence-electron chi connectivity index (χ1n) is 10.5. The van der Waals surface area contributed by atoms with Crippen molar-refractivity contribution in [2.75, 3.05) is 9.91 Å². The first-order valence-corrected chi connectivity index (χ1v) is 12.2. The van der Waals surface area contributed by atoms with Crippen LogP contribution in [0.25, 0.3) is 10.2 Å². The summed E-state index contributed by atoms with van der Waals surface area (Å²) >= 11 is 4.74. The highest BCUT2D eigenvalue weighted by Crippen LogP contribution is 2.32. The number of hydrazone groups is 1. The number of hydrogen-bond acceptors (Lipinski definition) is 6. The van der Waals surface area contributed by atoms with Crippen LogP contribution >= 0.6 is 27.3 Å². The molecule has 0 radical (unpaired) electrons. The van der Waals surface area contributed by atoms with Crippen molar-refractivity contribution in [3.63, 3.8) is 0 Å². The third-order valence-electron chi connectivity index (χ3n) is 5.33. The van der Waals surface area contributed by atoms with E-state index < -0.39 is 5.91 Å². The number of fused-ring (bicyclic) bond motifs is 1. The molecule has 5 rings (SSSR count). The molecule has 174 valence electrons. The van der Waals surface area contributed by atoms with Gasteiger partial charge in [-0.3, -0.25) is 19.3 Å². The summed E-state index contributed by atoms with van der Waals surface area (Å²) < 4.78 is 15.0. The maximum absolute atomic E-state index is 13.5. The average molecular weight is 551 g/mol. The van der Waals surface area contributed by atoms with Gasteiger partial charge in [0.15, 0.2) is 0 Å². The number of aromatic nitrogens is 1. The predicted octanol–water partition coefficient (Wildman–Crippen LogP) is 5.53. The number of carbonyl (C=O) groups is 3. The fourth-order valence-electron chi connectivity index (χ4n) is 3.58. The van der Waals surface area contributed by atoms with Crippen LogP contribution in [-0.4, -0.2) is 28.9 Å². The quantitative estimate of drug-likeness (QED) is 0.186. The highest BCUT2D eigenvalue weighted by atomic mass is 79.9. The number of thiazole rings is 1. The summed E-state index contributed by atoms with van der Waals surface area (Å²) in [6.45, 7) is 0. The van der Waals surface area contributed by atoms with E-state index >= 15 is 0 Å². The summed E-state index contributed by atoms with van der Waals surface area (Å²) in [4.78, 5) is 43.2. The van der Waals surface area contributed by atoms with Gasteiger partial charge < -0.3 is 0 Å². The lowest BCUT2D eigenvalue weighted by Gasteiger charge is -2.16. The highest BCUT2D eigenvalue weighted by Gasteiger charge is 2.30. The lowest BCUT2D eigenvalue weighted by atomic mass is 10.2. The zero-order valence-electron chi connectivity index (χ0n) is 18.0. The molecular formula is C25H16BrFN4O3S. The fourth-order valence-corrected chi connectivity index (χ4v) is 5.05. The van der Waals surface area contributed by atoms with Gasteiger partial charge in [0.05, 0.1) is 22.1 Å². The van der Waals surface area contributed by atoms with Crippen molar-refractivity contribution in [2.45, 2.75) is 12.8 Å². The topological polar surface area (TPSA) is 82.9 Å². The number of amides is 3. The second kappa shape index (κ2) is 9.47. The molecule has 0 bridgehead atoms. The van der Waals surface area contributed by atoms with Crippen LogP contribution in [0.1, 0.15) is 28.8 Å². The van der Waals surface area contributed by atoms with Gasteiger partial charge in [-0.1, -0.05) is 39.4 Å². The molecule has 35 heavy (non-hydrogen) atoms. The van der Waals surface area contributed by atoms with Crippen LogP contribution < -0.4 is 9.91 Å². The summed E-state index contributed by atoms with van der Waals surface area (Å²) in [5, 5.41) is 5.91. The van der Waals surface area contributed by atoms with Gasteiger partial charge in [-0.2, -0.15) is 10.1 Å². The Morgan fingerprint density at radius 2 is 1.71 bits per heavy atom. The molecule has 0 atom stereocenters. The Morgan fingerprint density at radius 3 is 2.40 bits per heavy atom. The van der Waals surface area contributed by atoms with E-state index in [1.165, 1.54) is 34.7 Å². The standard InChI is InChI=1S/C25H16BrFN4O3S/c26-17-5-10-20-21(13-17)35-25(29-20)31(28-14-15-1-6-18(27)7-2-15)24(34)16-3-8-19(9-4-16)30-22(32)11-12-23(30)33/h1-10,13-14H,11-12H2/b28-14+. The normalized spacial score (nSPS) is 13.8. The smallest absolute Gasteiger partial charge is 0.274 e. The van der Waals surface area contributed by atoms with E-state index in [1.54, 1.807) is 36.4 Å². The molecule has 3 amide bonds. The molecular weight excluding hydrogens is 535 g/mol. The van der Waals surface area contributed by atoms with Crippen molar-refractivity contribution in [3.05, 3.63) is 88.1 Å². The summed E-state index contributed by atoms with van der Waals surface area (Å²) in [5.74, 6) is -1.35. The van der Waals surface area contributed by atoms with Crippen LogP contribution in [0.4, 0.5) is 15.2 Å². The molecule has 0 saturated carbocycles. The van der Waals surface area contributed by atoms with Crippen molar-refractivity contribution in [1.82, 2.24) is 4.98 Å². The molecule has 0 aliphatic carbocycles. The van der Waals surface area contributed by atoms with E-state index in [1.807, 2.05) is 18.2 Å². The second-order valence-electron chi connectivity index (χ2n) is 7.69. The molecule has 7 nitrogen and oxygen atoms in total. The van der Waals surface area contributed by atoms with Gasteiger partial charge >= 0.3 is 0 Å². The lowest BCUT2D eigenvalue weighted by molar-refractivity contribution is -0.121. The van der Waals surface area contributed by atoms with E-state index in [2.05, 4.69) is 26.0 Å². The first-order chi connectivity index (χ1) is 16.9. The minimum absolute atomic E-state index is 0.180. The Bertz CT molecular complexity index is 1470. The van der Waals surface area contributed by atoms with E-state index in [9.17, 15) is 18.8 Å². The molecule has 1 aliphatic rings. The molecule has 0 unspecified atom stereocenters. The molecule has 0 N–H and O–H groups in total. The average Bonchev–Trinajstić information content (AvgIpc) is 3.42. The van der Waals surface area contributed by atoms with Crippen LogP contribution in [0.5, 0.6) is 0 Å². The Morgan fingerprint density at radius 1 is 1.03 bits per heavy atom. The number of halogens is 2. The minimum atomic E-state index is -0.452. The molecule has 1 aromatic heterocycles. The maximum Gasteiger partial charge on any atom is 0.280 e. The molecule has 1 fully saturated rings. The zero-order valence-corrected chi connectivity index (χ0v) is 20.4. The number of rotatable bonds is 5. The van der Waals surface area contributed by atoms with E-state index in [0.717, 1.165) is 14.1 Å². The molecule has 4 aromatic rings. The van der Waals surface area contributed by atoms with Crippen LogP contribution in [0.15, 0.2) is 76.3 Å². The maximum atomic E-state index is 13.5. The van der Waals surface area contributed by atoms with Crippen molar-refractivity contribution < 1.29 is 18.8 Å². The summed E-state index contributed by atoms with van der Waals surface area (Å²) in [6.07, 6.45) is 1.81. The Labute approximate surface area is 211 Å². The van der Waals surface area contributed by atoms with Crippen LogP contribution in [-0.2, 0) is 9.59 Å². The molecule has 0 spiro atoms. The van der Waals surface area contributed by atoms with Gasteiger partial charge in [-0.15, -0.1) is 0 Å². The van der Waals surface area contributed by atoms with Crippen LogP contribution in [0.3, 0.4) is 0 Å². The Hall–Kier alpha value is -3.76. The third kappa shape index (κ3) is 4.75. The highest BCUT2D eigenvalue weighted by molar-refractivity contribution is 9.10. The van der Waals surface area contributed by atoms with Crippen molar-refractivity contribution >= 4 is 72.2 Å². The van der Waals surface area contributed by atoms with Gasteiger partial charge in [0.1, 0.15) is 5.82 Å². The molecule has 2 heterocycles. The monoisotopic (exact) mass is 550 g/mol. The fraction of sp³-hybridized carbons (Fsp3) is 0.0800. The van der Waals surface area contributed by atoms with Crippen molar-refractivity contribution in [2.24, 2.45) is 5.10 Å². The van der Waals surface area contributed by atoms with Gasteiger partial charge in [0.2, 0.25) is 16.9 Å². The summed E-state index contributed by atoms with van der Waals surface area (Å²) in [5.41, 5.74) is 2.03. The first kappa shape index (κ1) is 23.0. The number of benzene rings is 3. The third-order valence-corrected chi connectivity index (χ3v) is 6.82. The minimum Gasteiger partial charge on any atom is -0.274 e. The van der Waals surface area contributed by atoms with Crippen molar-refractivity contribution in [1.29, 1.82) is 0 Å². The largest absolute Gasteiger partial charge is 0.280 e. The number of hydrogen-bond donors (Lipinski definition) is 0. The van der Waals surface area contributed by atoms with Crippen LogP contribution in [0, 0.1) is 5.82 Å². The number of carbonyl (C=O) groups excluding carboxylic acids is 3.